The number of unbranched alkanes of at least 4 members (excludes halogenated alkanes) is 4. The zero-order chi connectivity index (χ0) is 29.0. The van der Waals surface area contributed by atoms with Crippen LogP contribution in [0, 0.1) is 0 Å². The number of carbonyl (C=O) groups is 3. The summed E-state index contributed by atoms with van der Waals surface area (Å²) in [5, 5.41) is 14.5. The van der Waals surface area contributed by atoms with Crippen LogP contribution in [-0.2, 0) is 9.53 Å². The van der Waals surface area contributed by atoms with Gasteiger partial charge in [0, 0.05) is 31.2 Å². The van der Waals surface area contributed by atoms with Crippen LogP contribution in [0.1, 0.15) is 85.6 Å². The number of nitrogens with two attached hydrogens (primary N) is 1. The number of hydrogen-bond acceptors (Lipinski definition) is 5. The Kier molecular flexibility index (Phi) is 17.5. The fraction of sp³-hybridized carbons (Fsp3) is 0.621. The highest BCUT2D eigenvalue weighted by atomic mass is 16.6. The maximum absolute atomic E-state index is 11.7. The molecule has 0 heterocycles. The molecule has 0 saturated heterocycles. The molecular weight excluding hydrogens is 484 g/mol. The average Bonchev–Trinajstić information content (AvgIpc) is 2.81. The van der Waals surface area contributed by atoms with E-state index in [2.05, 4.69) is 10.6 Å². The normalized spacial score (nSPS) is 11.3. The van der Waals surface area contributed by atoms with Crippen LogP contribution in [0.4, 0.5) is 9.59 Å². The topological polar surface area (TPSA) is 134 Å². The number of hydrogen-bond donors (Lipinski definition) is 4. The van der Waals surface area contributed by atoms with Crippen molar-refractivity contribution in [3.8, 4) is 0 Å². The Morgan fingerprint density at radius 3 is 2.00 bits per heavy atom. The molecular formula is C29H50N4O5. The number of nitrogens with zero attached hydrogens (tertiary/aromatic N) is 1. The van der Waals surface area contributed by atoms with E-state index in [0.29, 0.717) is 26.2 Å². The molecule has 0 bridgehead atoms. The van der Waals surface area contributed by atoms with Crippen LogP contribution in [0.5, 0.6) is 0 Å². The Bertz CT molecular complexity index is 830. The number of nitrogens with one attached hydrogen (secondary N) is 2. The van der Waals surface area contributed by atoms with Crippen molar-refractivity contribution in [2.45, 2.75) is 91.2 Å². The van der Waals surface area contributed by atoms with Gasteiger partial charge in [0.15, 0.2) is 0 Å². The van der Waals surface area contributed by atoms with Crippen molar-refractivity contribution in [3.05, 3.63) is 42.0 Å². The molecule has 0 aliphatic rings. The summed E-state index contributed by atoms with van der Waals surface area (Å²) in [5.74, 6) is -0.0919. The molecule has 0 aliphatic heterocycles. The molecule has 0 aliphatic carbocycles. The number of alkyl carbamates (subject to hydrolysis) is 1. The highest BCUT2D eigenvalue weighted by Gasteiger charge is 2.25. The number of ether oxygens (including phenoxy) is 1. The third-order valence-electron chi connectivity index (χ3n) is 5.17. The standard InChI is InChI=1S/C19H28N2O3.C10H22N2O2/c1-19(2,3)24-18(23)21-15-9-5-8-14-20-17(22)13-12-16-10-6-4-7-11-16;1-10(2,3)12(9(13)14)8-6-4-5-7-11/h4,6-7,10-13H,5,8-9,14-15H2,1-3H3,(H,20,22)(H,21,23);4-8,11H2,1-3H3,(H,13,14). The molecule has 5 N–H and O–H groups in total. The van der Waals surface area contributed by atoms with Crippen LogP contribution in [0.3, 0.4) is 0 Å². The van der Waals surface area contributed by atoms with Crippen molar-refractivity contribution in [2.24, 2.45) is 5.73 Å². The van der Waals surface area contributed by atoms with Gasteiger partial charge in [-0.2, -0.15) is 0 Å². The van der Waals surface area contributed by atoms with E-state index in [1.807, 2.05) is 71.9 Å². The Balaban J connectivity index is 0.000000835. The lowest BCUT2D eigenvalue weighted by Gasteiger charge is -2.33. The first-order valence-electron chi connectivity index (χ1n) is 13.4. The SMILES string of the molecule is CC(C)(C)N(CCCCCN)C(=O)O.CC(C)(C)OC(=O)NCCCCCNC(=O)C=Cc1ccccc1. The first-order chi connectivity index (χ1) is 17.8. The highest BCUT2D eigenvalue weighted by molar-refractivity contribution is 5.91. The fourth-order valence-electron chi connectivity index (χ4n) is 3.25. The lowest BCUT2D eigenvalue weighted by molar-refractivity contribution is -0.116. The van der Waals surface area contributed by atoms with E-state index in [9.17, 15) is 14.4 Å². The summed E-state index contributed by atoms with van der Waals surface area (Å²) in [6.45, 7) is 13.7. The van der Waals surface area contributed by atoms with E-state index < -0.39 is 11.7 Å². The van der Waals surface area contributed by atoms with Crippen molar-refractivity contribution in [2.75, 3.05) is 26.2 Å². The molecule has 0 spiro atoms. The molecule has 0 atom stereocenters. The second kappa shape index (κ2) is 19.1. The molecule has 1 rings (SSSR count). The monoisotopic (exact) mass is 534 g/mol. The summed E-state index contributed by atoms with van der Waals surface area (Å²) in [6, 6.07) is 9.70. The van der Waals surface area contributed by atoms with E-state index >= 15 is 0 Å². The van der Waals surface area contributed by atoms with Gasteiger partial charge < -0.3 is 31.1 Å². The molecule has 9 nitrogen and oxygen atoms in total. The first kappa shape index (κ1) is 34.9. The van der Waals surface area contributed by atoms with E-state index in [1.165, 1.54) is 4.90 Å². The van der Waals surface area contributed by atoms with E-state index in [0.717, 1.165) is 44.1 Å². The molecule has 38 heavy (non-hydrogen) atoms. The highest BCUT2D eigenvalue weighted by Crippen LogP contribution is 2.14. The van der Waals surface area contributed by atoms with Gasteiger partial charge in [0.05, 0.1) is 0 Å². The van der Waals surface area contributed by atoms with Crippen LogP contribution in [0.2, 0.25) is 0 Å². The predicted octanol–water partition coefficient (Wildman–Crippen LogP) is 5.40. The van der Waals surface area contributed by atoms with Gasteiger partial charge in [-0.1, -0.05) is 36.8 Å². The van der Waals surface area contributed by atoms with Crippen molar-refractivity contribution < 1.29 is 24.2 Å². The molecule has 216 valence electrons. The van der Waals surface area contributed by atoms with E-state index in [4.69, 9.17) is 15.6 Å². The predicted molar refractivity (Wildman–Crippen MR) is 154 cm³/mol. The van der Waals surface area contributed by atoms with E-state index in [1.54, 1.807) is 12.2 Å². The van der Waals surface area contributed by atoms with Gasteiger partial charge in [0.1, 0.15) is 5.60 Å². The minimum Gasteiger partial charge on any atom is -0.465 e. The minimum atomic E-state index is -0.842. The number of carboxylic acid groups (broad SMARTS) is 1. The first-order valence-corrected chi connectivity index (χ1v) is 13.4. The van der Waals surface area contributed by atoms with E-state index in [-0.39, 0.29) is 17.5 Å². The zero-order valence-electron chi connectivity index (χ0n) is 24.2. The van der Waals surface area contributed by atoms with Gasteiger partial charge >= 0.3 is 12.2 Å². The summed E-state index contributed by atoms with van der Waals surface area (Å²) in [7, 11) is 0. The number of amides is 3. The van der Waals surface area contributed by atoms with Crippen LogP contribution in [0.25, 0.3) is 6.08 Å². The van der Waals surface area contributed by atoms with Crippen molar-refractivity contribution in [1.82, 2.24) is 15.5 Å². The Hall–Kier alpha value is -3.07. The minimum absolute atomic E-state index is 0.0919. The summed E-state index contributed by atoms with van der Waals surface area (Å²) in [5.41, 5.74) is 5.58. The zero-order valence-corrected chi connectivity index (χ0v) is 24.2. The summed E-state index contributed by atoms with van der Waals surface area (Å²) in [4.78, 5) is 35.5. The molecule has 1 aromatic carbocycles. The Morgan fingerprint density at radius 2 is 1.47 bits per heavy atom. The number of benzene rings is 1. The maximum atomic E-state index is 11.7. The van der Waals surface area contributed by atoms with Gasteiger partial charge in [-0.15, -0.1) is 0 Å². The van der Waals surface area contributed by atoms with Gasteiger partial charge in [-0.3, -0.25) is 4.79 Å². The molecule has 9 heteroatoms. The van der Waals surface area contributed by atoms with Crippen LogP contribution in [-0.4, -0.2) is 65.4 Å². The number of carbonyl (C=O) groups excluding carboxylic acids is 2. The van der Waals surface area contributed by atoms with Crippen molar-refractivity contribution in [3.63, 3.8) is 0 Å². The Labute approximate surface area is 229 Å². The maximum Gasteiger partial charge on any atom is 0.407 e. The van der Waals surface area contributed by atoms with Crippen LogP contribution < -0.4 is 16.4 Å². The van der Waals surface area contributed by atoms with Crippen molar-refractivity contribution >= 4 is 24.2 Å². The quantitative estimate of drug-likeness (QED) is 0.198. The van der Waals surface area contributed by atoms with Gasteiger partial charge in [-0.25, -0.2) is 9.59 Å². The Morgan fingerprint density at radius 1 is 0.895 bits per heavy atom. The average molecular weight is 535 g/mol. The van der Waals surface area contributed by atoms with Crippen LogP contribution in [0.15, 0.2) is 36.4 Å². The second-order valence-electron chi connectivity index (χ2n) is 11.0. The lowest BCUT2D eigenvalue weighted by atomic mass is 10.1. The summed E-state index contributed by atoms with van der Waals surface area (Å²) < 4.78 is 5.15. The molecule has 1 aromatic rings. The van der Waals surface area contributed by atoms with Gasteiger partial charge in [0.25, 0.3) is 0 Å². The van der Waals surface area contributed by atoms with Gasteiger partial charge in [0.2, 0.25) is 5.91 Å². The third kappa shape index (κ3) is 20.0. The van der Waals surface area contributed by atoms with Gasteiger partial charge in [-0.05, 0) is 91.8 Å². The number of rotatable bonds is 13. The molecule has 3 amide bonds. The summed E-state index contributed by atoms with van der Waals surface area (Å²) >= 11 is 0. The molecule has 0 aromatic heterocycles. The molecule has 0 unspecified atom stereocenters. The largest absolute Gasteiger partial charge is 0.465 e. The molecule has 0 saturated carbocycles. The lowest BCUT2D eigenvalue weighted by Crippen LogP contribution is -2.45. The smallest absolute Gasteiger partial charge is 0.407 e. The fourth-order valence-corrected chi connectivity index (χ4v) is 3.25. The molecule has 0 radical (unpaired) electrons. The molecule has 0 fully saturated rings. The summed E-state index contributed by atoms with van der Waals surface area (Å²) in [6.07, 6.45) is 7.62. The second-order valence-corrected chi connectivity index (χ2v) is 11.0. The van der Waals surface area contributed by atoms with Crippen molar-refractivity contribution in [1.29, 1.82) is 0 Å². The van der Waals surface area contributed by atoms with Crippen LogP contribution >= 0.6 is 0 Å². The third-order valence-corrected chi connectivity index (χ3v) is 5.17.